The number of carbonyl (C=O) groups excluding carboxylic acids is 1. The fraction of sp³-hybridized carbons (Fsp3) is 0.105. The first-order chi connectivity index (χ1) is 12.2. The summed E-state index contributed by atoms with van der Waals surface area (Å²) in [5, 5.41) is 3.44. The Balaban J connectivity index is 1.51. The minimum absolute atomic E-state index is 0.222. The molecule has 0 unspecified atom stereocenters. The van der Waals surface area contributed by atoms with E-state index in [1.54, 1.807) is 42.5 Å². The molecule has 0 saturated carbocycles. The number of hydrogen-bond donors (Lipinski definition) is 1. The van der Waals surface area contributed by atoms with Crippen molar-refractivity contribution in [3.8, 4) is 22.8 Å². The molecule has 4 rings (SSSR count). The number of amides is 1. The summed E-state index contributed by atoms with van der Waals surface area (Å²) in [6.07, 6.45) is 0. The predicted molar refractivity (Wildman–Crippen MR) is 94.5 cm³/mol. The monoisotopic (exact) mass is 355 g/mol. The summed E-state index contributed by atoms with van der Waals surface area (Å²) < 4.78 is 16.6. The predicted octanol–water partition coefficient (Wildman–Crippen LogP) is 4.62. The molecule has 0 saturated heterocycles. The number of nitrogens with one attached hydrogen (secondary N) is 1. The summed E-state index contributed by atoms with van der Waals surface area (Å²) in [6.45, 7) is 1.02. The zero-order valence-corrected chi connectivity index (χ0v) is 13.9. The molecule has 3 aromatic rings. The van der Waals surface area contributed by atoms with E-state index in [0.717, 1.165) is 5.56 Å². The average molecular weight is 356 g/mol. The highest BCUT2D eigenvalue weighted by molar-refractivity contribution is 6.30. The van der Waals surface area contributed by atoms with Crippen molar-refractivity contribution < 1.29 is 18.7 Å². The Morgan fingerprint density at radius 3 is 2.48 bits per heavy atom. The van der Waals surface area contributed by atoms with Crippen LogP contribution in [0.2, 0.25) is 5.02 Å². The van der Waals surface area contributed by atoms with E-state index in [1.807, 2.05) is 12.1 Å². The van der Waals surface area contributed by atoms with Crippen LogP contribution in [-0.2, 0) is 0 Å². The number of fused-ring (bicyclic) bond motifs is 1. The lowest BCUT2D eigenvalue weighted by molar-refractivity contribution is 0.0997. The molecule has 0 fully saturated rings. The minimum atomic E-state index is -0.336. The first-order valence-corrected chi connectivity index (χ1v) is 8.14. The van der Waals surface area contributed by atoms with Crippen LogP contribution in [0, 0.1) is 0 Å². The quantitative estimate of drug-likeness (QED) is 0.744. The van der Waals surface area contributed by atoms with Gasteiger partial charge in [0, 0.05) is 22.3 Å². The van der Waals surface area contributed by atoms with Crippen LogP contribution in [0.5, 0.6) is 11.5 Å². The molecule has 1 aromatic heterocycles. The van der Waals surface area contributed by atoms with Crippen LogP contribution in [0.15, 0.2) is 59.0 Å². The molecule has 25 heavy (non-hydrogen) atoms. The van der Waals surface area contributed by atoms with Crippen molar-refractivity contribution >= 4 is 23.2 Å². The smallest absolute Gasteiger partial charge is 0.291 e. The van der Waals surface area contributed by atoms with Crippen LogP contribution in [0.1, 0.15) is 10.6 Å². The molecule has 0 aliphatic carbocycles. The number of ether oxygens (including phenoxy) is 2. The van der Waals surface area contributed by atoms with Gasteiger partial charge in [0.05, 0.1) is 0 Å². The molecule has 126 valence electrons. The maximum atomic E-state index is 12.4. The normalized spacial score (nSPS) is 12.7. The van der Waals surface area contributed by atoms with Gasteiger partial charge in [-0.2, -0.15) is 0 Å². The second-order valence-corrected chi connectivity index (χ2v) is 5.92. The summed E-state index contributed by atoms with van der Waals surface area (Å²) in [5.41, 5.74) is 1.46. The second-order valence-electron chi connectivity index (χ2n) is 5.48. The second kappa shape index (κ2) is 6.53. The van der Waals surface area contributed by atoms with Crippen LogP contribution in [0.4, 0.5) is 5.69 Å². The van der Waals surface area contributed by atoms with Crippen LogP contribution in [-0.4, -0.2) is 19.1 Å². The molecular formula is C19H14ClNO4. The van der Waals surface area contributed by atoms with Gasteiger partial charge in [-0.3, -0.25) is 4.79 Å². The zero-order chi connectivity index (χ0) is 17.2. The van der Waals surface area contributed by atoms with Gasteiger partial charge in [-0.1, -0.05) is 11.6 Å². The molecule has 1 aliphatic heterocycles. The molecule has 0 spiro atoms. The van der Waals surface area contributed by atoms with E-state index in [0.29, 0.717) is 41.2 Å². The van der Waals surface area contributed by atoms with Gasteiger partial charge in [0.15, 0.2) is 17.3 Å². The van der Waals surface area contributed by atoms with E-state index in [4.69, 9.17) is 25.5 Å². The van der Waals surface area contributed by atoms with E-state index < -0.39 is 0 Å². The Morgan fingerprint density at radius 1 is 0.920 bits per heavy atom. The first kappa shape index (κ1) is 15.6. The van der Waals surface area contributed by atoms with Gasteiger partial charge in [-0.25, -0.2) is 0 Å². The lowest BCUT2D eigenvalue weighted by Crippen LogP contribution is -2.16. The molecule has 2 aromatic carbocycles. The maximum Gasteiger partial charge on any atom is 0.291 e. The minimum Gasteiger partial charge on any atom is -0.486 e. The Morgan fingerprint density at radius 2 is 1.68 bits per heavy atom. The van der Waals surface area contributed by atoms with Crippen molar-refractivity contribution in [3.05, 3.63) is 65.4 Å². The first-order valence-electron chi connectivity index (χ1n) is 7.76. The van der Waals surface area contributed by atoms with Crippen molar-refractivity contribution in [1.29, 1.82) is 0 Å². The van der Waals surface area contributed by atoms with Gasteiger partial charge >= 0.3 is 0 Å². The summed E-state index contributed by atoms with van der Waals surface area (Å²) in [5.74, 6) is 1.78. The van der Waals surface area contributed by atoms with E-state index in [1.165, 1.54) is 0 Å². The molecule has 6 heteroatoms. The van der Waals surface area contributed by atoms with Gasteiger partial charge in [-0.15, -0.1) is 0 Å². The Bertz CT molecular complexity index is 917. The molecule has 5 nitrogen and oxygen atoms in total. The van der Waals surface area contributed by atoms with Gasteiger partial charge < -0.3 is 19.2 Å². The van der Waals surface area contributed by atoms with Crippen LogP contribution >= 0.6 is 11.6 Å². The lowest BCUT2D eigenvalue weighted by Gasteiger charge is -2.18. The van der Waals surface area contributed by atoms with Crippen LogP contribution < -0.4 is 14.8 Å². The van der Waals surface area contributed by atoms with E-state index in [-0.39, 0.29) is 11.7 Å². The summed E-state index contributed by atoms with van der Waals surface area (Å²) >= 11 is 5.88. The van der Waals surface area contributed by atoms with Gasteiger partial charge in [0.25, 0.3) is 5.91 Å². The molecule has 0 bridgehead atoms. The molecule has 2 heterocycles. The third-order valence-corrected chi connectivity index (χ3v) is 4.01. The average Bonchev–Trinajstić information content (AvgIpc) is 3.12. The highest BCUT2D eigenvalue weighted by Crippen LogP contribution is 2.33. The van der Waals surface area contributed by atoms with E-state index in [9.17, 15) is 4.79 Å². The van der Waals surface area contributed by atoms with Gasteiger partial charge in [0.2, 0.25) is 0 Å². The number of halogens is 1. The standard InChI is InChI=1S/C19H14ClNO4/c20-13-3-1-12(2-4-13)15-7-8-17(25-15)19(22)21-14-5-6-16-18(11-14)24-10-9-23-16/h1-8,11H,9-10H2,(H,21,22). The highest BCUT2D eigenvalue weighted by atomic mass is 35.5. The summed E-state index contributed by atoms with van der Waals surface area (Å²) in [6, 6.07) is 15.9. The number of carbonyl (C=O) groups is 1. The number of hydrogen-bond acceptors (Lipinski definition) is 4. The number of furan rings is 1. The molecule has 0 atom stereocenters. The van der Waals surface area contributed by atoms with E-state index in [2.05, 4.69) is 5.32 Å². The zero-order valence-electron chi connectivity index (χ0n) is 13.1. The molecule has 0 radical (unpaired) electrons. The van der Waals surface area contributed by atoms with Crippen molar-refractivity contribution in [1.82, 2.24) is 0 Å². The van der Waals surface area contributed by atoms with Crippen molar-refractivity contribution in [3.63, 3.8) is 0 Å². The van der Waals surface area contributed by atoms with Gasteiger partial charge in [0.1, 0.15) is 19.0 Å². The van der Waals surface area contributed by atoms with E-state index >= 15 is 0 Å². The molecule has 1 amide bonds. The topological polar surface area (TPSA) is 60.7 Å². The fourth-order valence-electron chi connectivity index (χ4n) is 2.54. The summed E-state index contributed by atoms with van der Waals surface area (Å²) in [7, 11) is 0. The van der Waals surface area contributed by atoms with Crippen molar-refractivity contribution in [2.24, 2.45) is 0 Å². The lowest BCUT2D eigenvalue weighted by atomic mass is 10.2. The Labute approximate surface area is 149 Å². The summed E-state index contributed by atoms with van der Waals surface area (Å²) in [4.78, 5) is 12.4. The maximum absolute atomic E-state index is 12.4. The molecular weight excluding hydrogens is 342 g/mol. The van der Waals surface area contributed by atoms with Crippen LogP contribution in [0.25, 0.3) is 11.3 Å². The van der Waals surface area contributed by atoms with Gasteiger partial charge in [-0.05, 0) is 48.5 Å². The SMILES string of the molecule is O=C(Nc1ccc2c(c1)OCCO2)c1ccc(-c2ccc(Cl)cc2)o1. The highest BCUT2D eigenvalue weighted by Gasteiger charge is 2.15. The third-order valence-electron chi connectivity index (χ3n) is 3.76. The van der Waals surface area contributed by atoms with Crippen molar-refractivity contribution in [2.75, 3.05) is 18.5 Å². The number of anilines is 1. The fourth-order valence-corrected chi connectivity index (χ4v) is 2.67. The molecule has 1 aliphatic rings. The van der Waals surface area contributed by atoms with Crippen LogP contribution in [0.3, 0.4) is 0 Å². The van der Waals surface area contributed by atoms with Crippen molar-refractivity contribution in [2.45, 2.75) is 0 Å². The Hall–Kier alpha value is -2.92. The number of benzene rings is 2. The number of rotatable bonds is 3. The Kier molecular flexibility index (Phi) is 4.07. The third kappa shape index (κ3) is 3.32. The largest absolute Gasteiger partial charge is 0.486 e. The molecule has 1 N–H and O–H groups in total.